The fourth-order valence-electron chi connectivity index (χ4n) is 3.89. The maximum Gasteiger partial charge on any atom is 0.326 e. The highest BCUT2D eigenvalue weighted by atomic mass is 32.2. The highest BCUT2D eigenvalue weighted by Gasteiger charge is 2.46. The molecule has 7 heteroatoms. The number of likely N-dealkylation sites (tertiary alicyclic amines) is 1. The van der Waals surface area contributed by atoms with Crippen molar-refractivity contribution >= 4 is 21.7 Å². The van der Waals surface area contributed by atoms with Gasteiger partial charge >= 0.3 is 5.97 Å². The van der Waals surface area contributed by atoms with Crippen molar-refractivity contribution in [2.24, 2.45) is 5.92 Å². The molecule has 136 valence electrons. The van der Waals surface area contributed by atoms with Gasteiger partial charge < -0.3 is 10.0 Å². The molecule has 25 heavy (non-hydrogen) atoms. The van der Waals surface area contributed by atoms with Crippen LogP contribution in [0, 0.1) is 5.92 Å². The number of rotatable bonds is 4. The lowest BCUT2D eigenvalue weighted by Crippen LogP contribution is -2.44. The second-order valence-electron chi connectivity index (χ2n) is 6.90. The Labute approximate surface area is 147 Å². The van der Waals surface area contributed by atoms with Gasteiger partial charge in [0.25, 0.3) is 0 Å². The topological polar surface area (TPSA) is 91.8 Å². The van der Waals surface area contributed by atoms with Crippen molar-refractivity contribution in [2.75, 3.05) is 6.54 Å². The number of amides is 1. The van der Waals surface area contributed by atoms with Crippen LogP contribution >= 0.6 is 0 Å². The second-order valence-corrected chi connectivity index (χ2v) is 9.12. The summed E-state index contributed by atoms with van der Waals surface area (Å²) < 4.78 is 25.6. The smallest absolute Gasteiger partial charge is 0.326 e. The van der Waals surface area contributed by atoms with Crippen LogP contribution in [-0.4, -0.2) is 48.1 Å². The van der Waals surface area contributed by atoms with Crippen molar-refractivity contribution in [3.63, 3.8) is 0 Å². The third-order valence-electron chi connectivity index (χ3n) is 5.30. The van der Waals surface area contributed by atoms with Gasteiger partial charge in [-0.05, 0) is 31.4 Å². The van der Waals surface area contributed by atoms with Crippen LogP contribution in [0.15, 0.2) is 35.2 Å². The molecule has 3 rings (SSSR count). The number of sulfone groups is 1. The lowest BCUT2D eigenvalue weighted by atomic mass is 9.88. The van der Waals surface area contributed by atoms with Crippen LogP contribution in [-0.2, 0) is 19.4 Å². The Hall–Kier alpha value is -1.89. The van der Waals surface area contributed by atoms with E-state index in [1.165, 1.54) is 17.0 Å². The van der Waals surface area contributed by atoms with E-state index in [1.807, 2.05) is 0 Å². The molecule has 0 aromatic heterocycles. The molecule has 1 aromatic carbocycles. The predicted molar refractivity (Wildman–Crippen MR) is 91.7 cm³/mol. The highest BCUT2D eigenvalue weighted by Crippen LogP contribution is 2.32. The minimum Gasteiger partial charge on any atom is -0.480 e. The van der Waals surface area contributed by atoms with E-state index in [9.17, 15) is 23.1 Å². The van der Waals surface area contributed by atoms with Crippen LogP contribution in [0.1, 0.15) is 38.5 Å². The normalized spacial score (nSPS) is 25.0. The van der Waals surface area contributed by atoms with E-state index >= 15 is 0 Å². The fraction of sp³-hybridized carbons (Fsp3) is 0.556. The van der Waals surface area contributed by atoms with Crippen LogP contribution in [0.25, 0.3) is 0 Å². The highest BCUT2D eigenvalue weighted by molar-refractivity contribution is 7.92. The van der Waals surface area contributed by atoms with Gasteiger partial charge in [-0.3, -0.25) is 4.79 Å². The van der Waals surface area contributed by atoms with Crippen LogP contribution in [0.3, 0.4) is 0 Å². The van der Waals surface area contributed by atoms with Crippen molar-refractivity contribution in [1.29, 1.82) is 0 Å². The predicted octanol–water partition coefficient (Wildman–Crippen LogP) is 2.09. The van der Waals surface area contributed by atoms with Gasteiger partial charge in [0.05, 0.1) is 10.1 Å². The van der Waals surface area contributed by atoms with Gasteiger partial charge in [-0.2, -0.15) is 0 Å². The number of hydrogen-bond donors (Lipinski definition) is 1. The van der Waals surface area contributed by atoms with Crippen molar-refractivity contribution in [3.05, 3.63) is 30.3 Å². The van der Waals surface area contributed by atoms with Crippen LogP contribution in [0.5, 0.6) is 0 Å². The second kappa shape index (κ2) is 7.15. The van der Waals surface area contributed by atoms with Crippen molar-refractivity contribution < 1.29 is 23.1 Å². The SMILES string of the molecule is O=C(O)C1CC(S(=O)(=O)c2ccccc2)CN1C(=O)C1CCCCC1. The number of benzene rings is 1. The Bertz CT molecular complexity index is 740. The number of hydrogen-bond acceptors (Lipinski definition) is 4. The minimum absolute atomic E-state index is 0.0382. The molecule has 0 spiro atoms. The van der Waals surface area contributed by atoms with E-state index in [1.54, 1.807) is 18.2 Å². The summed E-state index contributed by atoms with van der Waals surface area (Å²) in [7, 11) is -3.66. The summed E-state index contributed by atoms with van der Waals surface area (Å²) in [5, 5.41) is 8.62. The molecule has 1 amide bonds. The molecule has 1 N–H and O–H groups in total. The monoisotopic (exact) mass is 365 g/mol. The quantitative estimate of drug-likeness (QED) is 0.882. The zero-order chi connectivity index (χ0) is 18.0. The number of aliphatic carboxylic acids is 1. The van der Waals surface area contributed by atoms with Gasteiger partial charge in [0, 0.05) is 12.5 Å². The van der Waals surface area contributed by atoms with Crippen molar-refractivity contribution in [1.82, 2.24) is 4.90 Å². The summed E-state index contributed by atoms with van der Waals surface area (Å²) in [5.74, 6) is -1.50. The number of carbonyl (C=O) groups excluding carboxylic acids is 1. The van der Waals surface area contributed by atoms with Gasteiger partial charge in [-0.15, -0.1) is 0 Å². The molecule has 6 nitrogen and oxygen atoms in total. The lowest BCUT2D eigenvalue weighted by molar-refractivity contribution is -0.150. The number of nitrogens with zero attached hydrogens (tertiary/aromatic N) is 1. The van der Waals surface area contributed by atoms with E-state index in [4.69, 9.17) is 0 Å². The Morgan fingerprint density at radius 1 is 1.04 bits per heavy atom. The van der Waals surface area contributed by atoms with Gasteiger partial charge in [-0.1, -0.05) is 37.5 Å². The number of carboxylic acid groups (broad SMARTS) is 1. The van der Waals surface area contributed by atoms with E-state index in [0.717, 1.165) is 32.1 Å². The molecule has 1 saturated heterocycles. The molecule has 1 saturated carbocycles. The molecular formula is C18H23NO5S. The molecule has 2 fully saturated rings. The molecular weight excluding hydrogens is 342 g/mol. The maximum atomic E-state index is 12.8. The molecule has 2 unspecified atom stereocenters. The lowest BCUT2D eigenvalue weighted by Gasteiger charge is -2.28. The molecule has 0 bridgehead atoms. The molecule has 2 aliphatic rings. The van der Waals surface area contributed by atoms with E-state index in [0.29, 0.717) is 0 Å². The molecule has 1 heterocycles. The summed E-state index contributed by atoms with van der Waals surface area (Å²) in [6.45, 7) is -0.0382. The van der Waals surface area contributed by atoms with Crippen molar-refractivity contribution in [3.8, 4) is 0 Å². The number of carboxylic acids is 1. The summed E-state index contributed by atoms with van der Waals surface area (Å²) in [4.78, 5) is 25.9. The van der Waals surface area contributed by atoms with Gasteiger partial charge in [-0.25, -0.2) is 13.2 Å². The molecule has 1 aliphatic heterocycles. The molecule has 1 aromatic rings. The first-order valence-electron chi connectivity index (χ1n) is 8.73. The third kappa shape index (κ3) is 3.56. The third-order valence-corrected chi connectivity index (χ3v) is 7.44. The first-order valence-corrected chi connectivity index (χ1v) is 10.3. The maximum absolute atomic E-state index is 12.8. The Kier molecular flexibility index (Phi) is 5.13. The van der Waals surface area contributed by atoms with E-state index in [-0.39, 0.29) is 29.7 Å². The average Bonchev–Trinajstić information content (AvgIpc) is 3.09. The Morgan fingerprint density at radius 2 is 1.68 bits per heavy atom. The minimum atomic E-state index is -3.66. The van der Waals surface area contributed by atoms with Gasteiger partial charge in [0.2, 0.25) is 5.91 Å². The standard InChI is InChI=1S/C18H23NO5S/c20-17(13-7-3-1-4-8-13)19-12-15(11-16(19)18(21)22)25(23,24)14-9-5-2-6-10-14/h2,5-6,9-10,13,15-16H,1,3-4,7-8,11-12H2,(H,21,22). The largest absolute Gasteiger partial charge is 0.480 e. The Balaban J connectivity index is 1.83. The van der Waals surface area contributed by atoms with Gasteiger partial charge in [0.15, 0.2) is 9.84 Å². The first kappa shape index (κ1) is 17.9. The summed E-state index contributed by atoms with van der Waals surface area (Å²) in [6.07, 6.45) is 4.50. The van der Waals surface area contributed by atoms with Gasteiger partial charge in [0.1, 0.15) is 6.04 Å². The number of carbonyl (C=O) groups is 2. The zero-order valence-electron chi connectivity index (χ0n) is 14.0. The van der Waals surface area contributed by atoms with Crippen LogP contribution < -0.4 is 0 Å². The zero-order valence-corrected chi connectivity index (χ0v) is 14.8. The summed E-state index contributed by atoms with van der Waals surface area (Å²) in [5.41, 5.74) is 0. The fourth-order valence-corrected chi connectivity index (χ4v) is 5.60. The van der Waals surface area contributed by atoms with E-state index < -0.39 is 27.1 Å². The summed E-state index contributed by atoms with van der Waals surface area (Å²) in [6, 6.07) is 6.97. The van der Waals surface area contributed by atoms with Crippen LogP contribution in [0.2, 0.25) is 0 Å². The Morgan fingerprint density at radius 3 is 2.28 bits per heavy atom. The van der Waals surface area contributed by atoms with Crippen LogP contribution in [0.4, 0.5) is 0 Å². The first-order chi connectivity index (χ1) is 11.9. The molecule has 0 radical (unpaired) electrons. The molecule has 1 aliphatic carbocycles. The summed E-state index contributed by atoms with van der Waals surface area (Å²) >= 11 is 0. The van der Waals surface area contributed by atoms with Crippen molar-refractivity contribution in [2.45, 2.75) is 54.7 Å². The van der Waals surface area contributed by atoms with E-state index in [2.05, 4.69) is 0 Å². The average molecular weight is 365 g/mol. The molecule has 2 atom stereocenters.